The highest BCUT2D eigenvalue weighted by molar-refractivity contribution is 9.10. The minimum absolute atomic E-state index is 0.213. The smallest absolute Gasteiger partial charge is 0.124 e. The van der Waals surface area contributed by atoms with Gasteiger partial charge < -0.3 is 10.1 Å². The molecule has 2 aromatic rings. The minimum Gasteiger partial charge on any atom is -0.496 e. The van der Waals surface area contributed by atoms with E-state index in [0.29, 0.717) is 11.8 Å². The molecule has 2 aromatic carbocycles. The van der Waals surface area contributed by atoms with Crippen LogP contribution in [0.25, 0.3) is 0 Å². The van der Waals surface area contributed by atoms with Crippen LogP contribution in [0.1, 0.15) is 35.1 Å². The molecule has 4 heteroatoms. The topological polar surface area (TPSA) is 21.3 Å². The van der Waals surface area contributed by atoms with E-state index < -0.39 is 0 Å². The Morgan fingerprint density at radius 2 is 2.04 bits per heavy atom. The van der Waals surface area contributed by atoms with Crippen LogP contribution in [-0.2, 0) is 0 Å². The summed E-state index contributed by atoms with van der Waals surface area (Å²) in [6, 6.07) is 10.6. The Balaban J connectivity index is 1.86. The van der Waals surface area contributed by atoms with Crippen molar-refractivity contribution >= 4 is 33.2 Å². The standard InChI is InChI=1S/C20H19BrClNO/c1-11-8-13(22)10-16-14-4-3-5-15(14)20(23-19(11)16)17-9-12(21)6-7-18(17)24-2/h3-4,6-10,14-15,20,23H,5H2,1-2H3/t14-,15-,20+/m0/s1. The summed E-state index contributed by atoms with van der Waals surface area (Å²) < 4.78 is 6.71. The summed E-state index contributed by atoms with van der Waals surface area (Å²) in [4.78, 5) is 0. The Bertz CT molecular complexity index is 833. The third-order valence-corrected chi connectivity index (χ3v) is 5.87. The lowest BCUT2D eigenvalue weighted by molar-refractivity contribution is 0.381. The number of benzene rings is 2. The molecule has 3 atom stereocenters. The van der Waals surface area contributed by atoms with Gasteiger partial charge in [-0.05, 0) is 60.7 Å². The van der Waals surface area contributed by atoms with E-state index in [0.717, 1.165) is 21.7 Å². The first-order valence-electron chi connectivity index (χ1n) is 8.15. The van der Waals surface area contributed by atoms with Gasteiger partial charge in [-0.2, -0.15) is 0 Å². The highest BCUT2D eigenvalue weighted by atomic mass is 79.9. The summed E-state index contributed by atoms with van der Waals surface area (Å²) in [6.45, 7) is 2.12. The van der Waals surface area contributed by atoms with E-state index in [2.05, 4.69) is 52.5 Å². The first kappa shape index (κ1) is 16.0. The lowest BCUT2D eigenvalue weighted by Crippen LogP contribution is -2.30. The van der Waals surface area contributed by atoms with Gasteiger partial charge in [-0.25, -0.2) is 0 Å². The molecule has 0 spiro atoms. The second-order valence-electron chi connectivity index (χ2n) is 6.55. The van der Waals surface area contributed by atoms with E-state index in [1.165, 1.54) is 22.4 Å². The maximum absolute atomic E-state index is 6.32. The molecule has 0 bridgehead atoms. The number of anilines is 1. The molecule has 0 saturated heterocycles. The van der Waals surface area contributed by atoms with E-state index in [9.17, 15) is 0 Å². The monoisotopic (exact) mass is 403 g/mol. The fourth-order valence-electron chi connectivity index (χ4n) is 4.10. The number of hydrogen-bond donors (Lipinski definition) is 1. The average molecular weight is 405 g/mol. The number of allylic oxidation sites excluding steroid dienone is 2. The van der Waals surface area contributed by atoms with Gasteiger partial charge in [0.2, 0.25) is 0 Å². The number of aryl methyl sites for hydroxylation is 1. The van der Waals surface area contributed by atoms with Gasteiger partial charge in [0.1, 0.15) is 5.75 Å². The molecule has 124 valence electrons. The van der Waals surface area contributed by atoms with Crippen LogP contribution in [0.4, 0.5) is 5.69 Å². The van der Waals surface area contributed by atoms with Crippen molar-refractivity contribution in [3.63, 3.8) is 0 Å². The van der Waals surface area contributed by atoms with Gasteiger partial charge in [0.25, 0.3) is 0 Å². The lowest BCUT2D eigenvalue weighted by atomic mass is 9.76. The molecule has 4 rings (SSSR count). The Kier molecular flexibility index (Phi) is 4.09. The van der Waals surface area contributed by atoms with Crippen molar-refractivity contribution in [1.29, 1.82) is 0 Å². The van der Waals surface area contributed by atoms with Crippen molar-refractivity contribution in [3.05, 3.63) is 68.7 Å². The van der Waals surface area contributed by atoms with Gasteiger partial charge >= 0.3 is 0 Å². The number of nitrogens with one attached hydrogen (secondary N) is 1. The zero-order valence-electron chi connectivity index (χ0n) is 13.6. The summed E-state index contributed by atoms with van der Waals surface area (Å²) in [5, 5.41) is 4.59. The van der Waals surface area contributed by atoms with Crippen LogP contribution in [0.5, 0.6) is 5.75 Å². The highest BCUT2D eigenvalue weighted by Gasteiger charge is 2.39. The molecule has 0 fully saturated rings. The number of methoxy groups -OCH3 is 1. The van der Waals surface area contributed by atoms with Crippen molar-refractivity contribution in [3.8, 4) is 5.75 Å². The SMILES string of the molecule is COc1ccc(Br)cc1[C@@H]1Nc2c(C)cc(Cl)cc2[C@H]2C=CC[C@@H]21. The average Bonchev–Trinajstić information content (AvgIpc) is 3.04. The Morgan fingerprint density at radius 1 is 1.21 bits per heavy atom. The van der Waals surface area contributed by atoms with Gasteiger partial charge in [-0.1, -0.05) is 39.7 Å². The molecule has 1 N–H and O–H groups in total. The zero-order chi connectivity index (χ0) is 16.8. The van der Waals surface area contributed by atoms with Crippen LogP contribution >= 0.6 is 27.5 Å². The van der Waals surface area contributed by atoms with E-state index in [1.54, 1.807) is 7.11 Å². The van der Waals surface area contributed by atoms with Crippen LogP contribution in [0.3, 0.4) is 0 Å². The molecule has 2 nitrogen and oxygen atoms in total. The molecule has 1 heterocycles. The Morgan fingerprint density at radius 3 is 2.83 bits per heavy atom. The van der Waals surface area contributed by atoms with Gasteiger partial charge in [-0.15, -0.1) is 0 Å². The predicted octanol–water partition coefficient (Wildman–Crippen LogP) is 6.25. The van der Waals surface area contributed by atoms with Crippen molar-refractivity contribution in [2.75, 3.05) is 12.4 Å². The van der Waals surface area contributed by atoms with Crippen LogP contribution in [0.2, 0.25) is 5.02 Å². The molecule has 24 heavy (non-hydrogen) atoms. The van der Waals surface area contributed by atoms with Crippen LogP contribution < -0.4 is 10.1 Å². The maximum atomic E-state index is 6.32. The molecule has 0 aromatic heterocycles. The van der Waals surface area contributed by atoms with E-state index in [4.69, 9.17) is 16.3 Å². The quantitative estimate of drug-likeness (QED) is 0.598. The minimum atomic E-state index is 0.213. The van der Waals surface area contributed by atoms with E-state index in [-0.39, 0.29) is 6.04 Å². The molecule has 0 saturated carbocycles. The van der Waals surface area contributed by atoms with Crippen molar-refractivity contribution in [2.45, 2.75) is 25.3 Å². The zero-order valence-corrected chi connectivity index (χ0v) is 16.0. The van der Waals surface area contributed by atoms with Crippen LogP contribution in [-0.4, -0.2) is 7.11 Å². The molecule has 0 unspecified atom stereocenters. The van der Waals surface area contributed by atoms with Crippen molar-refractivity contribution in [2.24, 2.45) is 5.92 Å². The summed E-state index contributed by atoms with van der Waals surface area (Å²) >= 11 is 9.92. The molecule has 1 aliphatic heterocycles. The third kappa shape index (κ3) is 2.55. The second kappa shape index (κ2) is 6.12. The number of rotatable bonds is 2. The number of ether oxygens (including phenoxy) is 1. The molecule has 0 radical (unpaired) electrons. The molecular weight excluding hydrogens is 386 g/mol. The van der Waals surface area contributed by atoms with Crippen LogP contribution in [0.15, 0.2) is 47.0 Å². The second-order valence-corrected chi connectivity index (χ2v) is 7.90. The van der Waals surface area contributed by atoms with Crippen molar-refractivity contribution in [1.82, 2.24) is 0 Å². The van der Waals surface area contributed by atoms with E-state index >= 15 is 0 Å². The lowest BCUT2D eigenvalue weighted by Gasteiger charge is -2.39. The summed E-state index contributed by atoms with van der Waals surface area (Å²) in [5.74, 6) is 1.79. The van der Waals surface area contributed by atoms with Gasteiger partial charge in [-0.3, -0.25) is 0 Å². The van der Waals surface area contributed by atoms with Crippen molar-refractivity contribution < 1.29 is 4.74 Å². The normalized spacial score (nSPS) is 24.2. The third-order valence-electron chi connectivity index (χ3n) is 5.16. The Labute approximate surface area is 156 Å². The summed E-state index contributed by atoms with van der Waals surface area (Å²) in [6.07, 6.45) is 5.68. The van der Waals surface area contributed by atoms with Gasteiger partial charge in [0.15, 0.2) is 0 Å². The number of hydrogen-bond acceptors (Lipinski definition) is 2. The van der Waals surface area contributed by atoms with E-state index in [1.807, 2.05) is 18.2 Å². The first-order valence-corrected chi connectivity index (χ1v) is 9.32. The van der Waals surface area contributed by atoms with Gasteiger partial charge in [0.05, 0.1) is 13.2 Å². The number of fused-ring (bicyclic) bond motifs is 3. The predicted molar refractivity (Wildman–Crippen MR) is 103 cm³/mol. The maximum Gasteiger partial charge on any atom is 0.124 e. The molecular formula is C20H19BrClNO. The largest absolute Gasteiger partial charge is 0.496 e. The molecule has 1 aliphatic carbocycles. The number of halogens is 2. The van der Waals surface area contributed by atoms with Crippen LogP contribution in [0, 0.1) is 12.8 Å². The fraction of sp³-hybridized carbons (Fsp3) is 0.300. The fourth-order valence-corrected chi connectivity index (χ4v) is 4.76. The van der Waals surface area contributed by atoms with Gasteiger partial charge in [0, 0.05) is 26.7 Å². The highest BCUT2D eigenvalue weighted by Crippen LogP contribution is 2.52. The Hall–Kier alpha value is -1.45. The first-order chi connectivity index (χ1) is 11.6. The summed E-state index contributed by atoms with van der Waals surface area (Å²) in [7, 11) is 1.74. The molecule has 2 aliphatic rings. The molecule has 0 amide bonds. The summed E-state index contributed by atoms with van der Waals surface area (Å²) in [5.41, 5.74) is 4.91.